The maximum atomic E-state index is 12.3. The van der Waals surface area contributed by atoms with Gasteiger partial charge in [0.25, 0.3) is 5.91 Å². The fourth-order valence-electron chi connectivity index (χ4n) is 2.86. The van der Waals surface area contributed by atoms with Gasteiger partial charge >= 0.3 is 5.97 Å². The van der Waals surface area contributed by atoms with Crippen molar-refractivity contribution in [2.45, 2.75) is 38.6 Å². The van der Waals surface area contributed by atoms with Crippen LogP contribution >= 0.6 is 0 Å². The van der Waals surface area contributed by atoms with E-state index in [-0.39, 0.29) is 29.6 Å². The number of carbonyl (C=O) groups is 4. The second-order valence-electron chi connectivity index (χ2n) is 5.94. The molecule has 0 saturated heterocycles. The summed E-state index contributed by atoms with van der Waals surface area (Å²) in [5, 5.41) is 14.5. The van der Waals surface area contributed by atoms with Gasteiger partial charge in [-0.05, 0) is 43.0 Å². The van der Waals surface area contributed by atoms with Gasteiger partial charge in [0.1, 0.15) is 11.8 Å². The third-order valence-electron chi connectivity index (χ3n) is 4.01. The highest BCUT2D eigenvalue weighted by molar-refractivity contribution is 5.97. The van der Waals surface area contributed by atoms with E-state index in [1.807, 2.05) is 0 Å². The van der Waals surface area contributed by atoms with Crippen LogP contribution in [0.1, 0.15) is 43.0 Å². The average molecular weight is 332 g/mol. The lowest BCUT2D eigenvalue weighted by Crippen LogP contribution is -2.47. The number of Topliss-reactive ketones (excluding diaryl/α,β-unsaturated/α-hetero) is 1. The number of aliphatic carboxylic acids is 1. The zero-order valence-corrected chi connectivity index (χ0v) is 13.4. The van der Waals surface area contributed by atoms with Crippen LogP contribution < -0.4 is 10.6 Å². The summed E-state index contributed by atoms with van der Waals surface area (Å²) >= 11 is 0. The largest absolute Gasteiger partial charge is 0.480 e. The van der Waals surface area contributed by atoms with E-state index in [1.165, 1.54) is 19.1 Å². The van der Waals surface area contributed by atoms with Gasteiger partial charge in [-0.15, -0.1) is 0 Å². The molecule has 1 fully saturated rings. The van der Waals surface area contributed by atoms with Crippen molar-refractivity contribution in [3.05, 3.63) is 29.8 Å². The molecule has 2 rings (SSSR count). The highest BCUT2D eigenvalue weighted by atomic mass is 16.4. The van der Waals surface area contributed by atoms with Crippen molar-refractivity contribution in [1.82, 2.24) is 5.32 Å². The molecule has 1 saturated carbocycles. The summed E-state index contributed by atoms with van der Waals surface area (Å²) < 4.78 is 0. The SMILES string of the molecule is CC(=O)Nc1ccc(C(=O)N[C@@H](C(=O)O)[C@@H]2CCCC(=O)C2)cc1. The number of ketones is 1. The molecule has 2 amide bonds. The number of hydrogen-bond acceptors (Lipinski definition) is 4. The standard InChI is InChI=1S/C17H20N2O5/c1-10(20)18-13-7-5-11(6-8-13)16(22)19-15(17(23)24)12-3-2-4-14(21)9-12/h5-8,12,15H,2-4,9H2,1H3,(H,18,20)(H,19,22)(H,23,24)/t12-,15-/m1/s1. The summed E-state index contributed by atoms with van der Waals surface area (Å²) in [4.78, 5) is 46.3. The van der Waals surface area contributed by atoms with Crippen LogP contribution in [0.5, 0.6) is 0 Å². The fraction of sp³-hybridized carbons (Fsp3) is 0.412. The Morgan fingerprint density at radius 3 is 2.42 bits per heavy atom. The topological polar surface area (TPSA) is 113 Å². The van der Waals surface area contributed by atoms with Gasteiger partial charge in [-0.1, -0.05) is 0 Å². The number of benzene rings is 1. The summed E-state index contributed by atoms with van der Waals surface area (Å²) in [6.45, 7) is 1.38. The number of nitrogens with one attached hydrogen (secondary N) is 2. The van der Waals surface area contributed by atoms with Crippen LogP contribution in [0, 0.1) is 5.92 Å². The number of carbonyl (C=O) groups excluding carboxylic acids is 3. The second-order valence-corrected chi connectivity index (χ2v) is 5.94. The van der Waals surface area contributed by atoms with Gasteiger partial charge in [-0.2, -0.15) is 0 Å². The number of anilines is 1. The molecule has 1 aliphatic carbocycles. The molecule has 1 aromatic rings. The molecule has 2 atom stereocenters. The van der Waals surface area contributed by atoms with E-state index in [0.717, 1.165) is 0 Å². The van der Waals surface area contributed by atoms with E-state index < -0.39 is 17.9 Å². The Morgan fingerprint density at radius 2 is 1.88 bits per heavy atom. The Hall–Kier alpha value is -2.70. The molecule has 0 aliphatic heterocycles. The fourth-order valence-corrected chi connectivity index (χ4v) is 2.86. The molecular formula is C17H20N2O5. The van der Waals surface area contributed by atoms with Gasteiger partial charge in [0.2, 0.25) is 5.91 Å². The van der Waals surface area contributed by atoms with E-state index >= 15 is 0 Å². The van der Waals surface area contributed by atoms with Gasteiger partial charge in [-0.3, -0.25) is 14.4 Å². The molecule has 0 unspecified atom stereocenters. The summed E-state index contributed by atoms with van der Waals surface area (Å²) in [6.07, 6.45) is 1.90. The van der Waals surface area contributed by atoms with E-state index in [1.54, 1.807) is 12.1 Å². The van der Waals surface area contributed by atoms with Crippen LogP contribution in [0.25, 0.3) is 0 Å². The lowest BCUT2D eigenvalue weighted by molar-refractivity contribution is -0.141. The van der Waals surface area contributed by atoms with Crippen LogP contribution in [0.15, 0.2) is 24.3 Å². The molecule has 0 bridgehead atoms. The molecule has 3 N–H and O–H groups in total. The Labute approximate surface area is 139 Å². The van der Waals surface area contributed by atoms with Gasteiger partial charge < -0.3 is 15.7 Å². The summed E-state index contributed by atoms with van der Waals surface area (Å²) in [7, 11) is 0. The molecule has 1 aliphatic rings. The van der Waals surface area contributed by atoms with E-state index in [9.17, 15) is 24.3 Å². The minimum atomic E-state index is -1.14. The first-order valence-corrected chi connectivity index (χ1v) is 7.80. The monoisotopic (exact) mass is 332 g/mol. The molecule has 128 valence electrons. The molecular weight excluding hydrogens is 312 g/mol. The quantitative estimate of drug-likeness (QED) is 0.758. The zero-order valence-electron chi connectivity index (χ0n) is 13.4. The van der Waals surface area contributed by atoms with Crippen LogP contribution in [-0.2, 0) is 14.4 Å². The highest BCUT2D eigenvalue weighted by Crippen LogP contribution is 2.25. The lowest BCUT2D eigenvalue weighted by Gasteiger charge is -2.27. The van der Waals surface area contributed by atoms with Crippen molar-refractivity contribution in [2.24, 2.45) is 5.92 Å². The summed E-state index contributed by atoms with van der Waals surface area (Å²) in [5.41, 5.74) is 0.837. The molecule has 7 nitrogen and oxygen atoms in total. The van der Waals surface area contributed by atoms with Crippen LogP contribution in [0.2, 0.25) is 0 Å². The highest BCUT2D eigenvalue weighted by Gasteiger charge is 2.33. The van der Waals surface area contributed by atoms with Crippen molar-refractivity contribution in [3.63, 3.8) is 0 Å². The van der Waals surface area contributed by atoms with Gasteiger partial charge in [0.05, 0.1) is 0 Å². The van der Waals surface area contributed by atoms with Gasteiger partial charge in [0, 0.05) is 31.0 Å². The van der Waals surface area contributed by atoms with Crippen LogP contribution in [0.4, 0.5) is 5.69 Å². The van der Waals surface area contributed by atoms with Gasteiger partial charge in [-0.25, -0.2) is 4.79 Å². The first-order valence-electron chi connectivity index (χ1n) is 7.80. The van der Waals surface area contributed by atoms with Crippen molar-refractivity contribution >= 4 is 29.3 Å². The Morgan fingerprint density at radius 1 is 1.21 bits per heavy atom. The number of rotatable bonds is 5. The maximum Gasteiger partial charge on any atom is 0.326 e. The van der Waals surface area contributed by atoms with Crippen LogP contribution in [0.3, 0.4) is 0 Å². The molecule has 0 spiro atoms. The lowest BCUT2D eigenvalue weighted by atomic mass is 9.83. The normalized spacial score (nSPS) is 18.5. The van der Waals surface area contributed by atoms with E-state index in [4.69, 9.17) is 0 Å². The Kier molecular flexibility index (Phi) is 5.68. The van der Waals surface area contributed by atoms with E-state index in [2.05, 4.69) is 10.6 Å². The van der Waals surface area contributed by atoms with Crippen LogP contribution in [-0.4, -0.2) is 34.7 Å². The van der Waals surface area contributed by atoms with Crippen molar-refractivity contribution in [1.29, 1.82) is 0 Å². The number of amides is 2. The molecule has 0 radical (unpaired) electrons. The average Bonchev–Trinajstić information content (AvgIpc) is 2.52. The smallest absolute Gasteiger partial charge is 0.326 e. The van der Waals surface area contributed by atoms with E-state index in [0.29, 0.717) is 24.9 Å². The molecule has 0 aromatic heterocycles. The summed E-state index contributed by atoms with van der Waals surface area (Å²) in [5.74, 6) is -2.23. The Bertz CT molecular complexity index is 653. The third kappa shape index (κ3) is 4.65. The number of hydrogen-bond donors (Lipinski definition) is 3. The molecule has 0 heterocycles. The first kappa shape index (κ1) is 17.7. The number of carboxylic acids is 1. The molecule has 1 aromatic carbocycles. The predicted octanol–water partition coefficient (Wildman–Crippen LogP) is 1.59. The van der Waals surface area contributed by atoms with Crippen molar-refractivity contribution in [2.75, 3.05) is 5.32 Å². The zero-order chi connectivity index (χ0) is 17.7. The van der Waals surface area contributed by atoms with Gasteiger partial charge in [0.15, 0.2) is 0 Å². The molecule has 7 heteroatoms. The van der Waals surface area contributed by atoms with Crippen molar-refractivity contribution < 1.29 is 24.3 Å². The second kappa shape index (κ2) is 7.72. The third-order valence-corrected chi connectivity index (χ3v) is 4.01. The van der Waals surface area contributed by atoms with Crippen molar-refractivity contribution in [3.8, 4) is 0 Å². The first-order chi connectivity index (χ1) is 11.4. The summed E-state index contributed by atoms with van der Waals surface area (Å²) in [6, 6.07) is 5.06. The molecule has 24 heavy (non-hydrogen) atoms. The number of carboxylic acid groups (broad SMARTS) is 1. The predicted molar refractivity (Wildman–Crippen MR) is 86.6 cm³/mol. The maximum absolute atomic E-state index is 12.3. The minimum absolute atomic E-state index is 0.0337. The Balaban J connectivity index is 2.06. The minimum Gasteiger partial charge on any atom is -0.480 e.